The van der Waals surface area contributed by atoms with Crippen molar-refractivity contribution in [2.45, 2.75) is 25.4 Å². The Morgan fingerprint density at radius 3 is 2.70 bits per heavy atom. The van der Waals surface area contributed by atoms with E-state index in [0.29, 0.717) is 11.3 Å². The summed E-state index contributed by atoms with van der Waals surface area (Å²) in [5, 5.41) is 7.52. The van der Waals surface area contributed by atoms with Gasteiger partial charge in [0.2, 0.25) is 11.8 Å². The maximum Gasteiger partial charge on any atom is 0.328 e. The van der Waals surface area contributed by atoms with Crippen LogP contribution in [0.15, 0.2) is 24.3 Å². The fourth-order valence-electron chi connectivity index (χ4n) is 2.18. The molecule has 0 aromatic heterocycles. The number of fused-ring (bicyclic) bond motifs is 1. The summed E-state index contributed by atoms with van der Waals surface area (Å²) in [6, 6.07) is 4.68. The Balaban J connectivity index is 2.04. The first-order valence-electron chi connectivity index (χ1n) is 7.00. The largest absolute Gasteiger partial charge is 0.467 e. The van der Waals surface area contributed by atoms with E-state index in [1.165, 1.54) is 14.0 Å². The zero-order valence-electron chi connectivity index (χ0n) is 12.7. The van der Waals surface area contributed by atoms with Gasteiger partial charge in [-0.1, -0.05) is 12.1 Å². The number of esters is 1. The molecular formula is C15H17N3O5. The van der Waals surface area contributed by atoms with Gasteiger partial charge >= 0.3 is 5.97 Å². The summed E-state index contributed by atoms with van der Waals surface area (Å²) < 4.78 is 4.50. The van der Waals surface area contributed by atoms with E-state index >= 15 is 0 Å². The minimum absolute atomic E-state index is 0.285. The van der Waals surface area contributed by atoms with Crippen LogP contribution in [0.4, 0.5) is 5.69 Å². The van der Waals surface area contributed by atoms with Gasteiger partial charge in [-0.15, -0.1) is 0 Å². The van der Waals surface area contributed by atoms with Gasteiger partial charge < -0.3 is 20.7 Å². The monoisotopic (exact) mass is 319 g/mol. The zero-order valence-corrected chi connectivity index (χ0v) is 12.7. The van der Waals surface area contributed by atoms with E-state index in [1.807, 2.05) is 0 Å². The van der Waals surface area contributed by atoms with Crippen LogP contribution in [0.1, 0.15) is 23.7 Å². The van der Waals surface area contributed by atoms with Crippen LogP contribution in [0, 0.1) is 0 Å². The van der Waals surface area contributed by atoms with Crippen molar-refractivity contribution in [2.24, 2.45) is 0 Å². The van der Waals surface area contributed by atoms with E-state index in [2.05, 4.69) is 20.7 Å². The number of carbonyl (C=O) groups excluding carboxylic acids is 4. The molecule has 0 radical (unpaired) electrons. The molecule has 8 heteroatoms. The maximum atomic E-state index is 12.1. The number of hydrogen-bond acceptors (Lipinski definition) is 5. The number of benzene rings is 1. The van der Waals surface area contributed by atoms with E-state index < -0.39 is 35.8 Å². The second-order valence-corrected chi connectivity index (χ2v) is 5.08. The zero-order chi connectivity index (χ0) is 17.0. The Morgan fingerprint density at radius 2 is 2.00 bits per heavy atom. The Hall–Kier alpha value is -2.90. The molecule has 0 saturated carbocycles. The summed E-state index contributed by atoms with van der Waals surface area (Å²) in [4.78, 5) is 47.4. The third kappa shape index (κ3) is 3.85. The lowest BCUT2D eigenvalue weighted by atomic mass is 10.1. The van der Waals surface area contributed by atoms with E-state index in [4.69, 9.17) is 0 Å². The molecule has 0 fully saturated rings. The van der Waals surface area contributed by atoms with Gasteiger partial charge in [-0.25, -0.2) is 4.79 Å². The van der Waals surface area contributed by atoms with Crippen LogP contribution in [0.25, 0.3) is 0 Å². The lowest BCUT2D eigenvalue weighted by Gasteiger charge is -2.16. The summed E-state index contributed by atoms with van der Waals surface area (Å²) in [5.41, 5.74) is 0.715. The summed E-state index contributed by atoms with van der Waals surface area (Å²) in [6.07, 6.45) is -0.285. The molecule has 122 valence electrons. The number of nitrogens with one attached hydrogen (secondary N) is 3. The number of hydrogen-bond donors (Lipinski definition) is 3. The third-order valence-corrected chi connectivity index (χ3v) is 3.37. The molecule has 2 rings (SSSR count). The minimum atomic E-state index is -1.03. The summed E-state index contributed by atoms with van der Waals surface area (Å²) in [5.74, 6) is -2.09. The van der Waals surface area contributed by atoms with Gasteiger partial charge in [-0.05, 0) is 19.1 Å². The van der Waals surface area contributed by atoms with Crippen molar-refractivity contribution in [3.8, 4) is 0 Å². The van der Waals surface area contributed by atoms with Crippen molar-refractivity contribution >= 4 is 29.4 Å². The number of carbonyl (C=O) groups is 4. The van der Waals surface area contributed by atoms with Crippen molar-refractivity contribution in [2.75, 3.05) is 12.4 Å². The van der Waals surface area contributed by atoms with E-state index in [0.717, 1.165) is 0 Å². The standard InChI is InChI=1S/C15H17N3O5/c1-8(15(22)23-2)16-12(19)7-11-14(21)17-10-6-4-3-5-9(10)13(20)18-11/h3-6,8,11H,7H2,1-2H3,(H,16,19)(H,17,21)(H,18,20)/t8-,11+/m1/s1. The summed E-state index contributed by atoms with van der Waals surface area (Å²) in [7, 11) is 1.21. The van der Waals surface area contributed by atoms with Crippen LogP contribution in [-0.4, -0.2) is 42.9 Å². The second-order valence-electron chi connectivity index (χ2n) is 5.08. The molecule has 3 amide bonds. The van der Waals surface area contributed by atoms with Crippen LogP contribution < -0.4 is 16.0 Å². The molecule has 0 bridgehead atoms. The number of amides is 3. The van der Waals surface area contributed by atoms with Crippen LogP contribution in [0.5, 0.6) is 0 Å². The average molecular weight is 319 g/mol. The van der Waals surface area contributed by atoms with Crippen LogP contribution in [-0.2, 0) is 19.1 Å². The molecule has 1 heterocycles. The Morgan fingerprint density at radius 1 is 1.30 bits per heavy atom. The van der Waals surface area contributed by atoms with Crippen molar-refractivity contribution in [3.63, 3.8) is 0 Å². The first-order valence-corrected chi connectivity index (χ1v) is 7.00. The van der Waals surface area contributed by atoms with Gasteiger partial charge in [0.15, 0.2) is 0 Å². The highest BCUT2D eigenvalue weighted by atomic mass is 16.5. The molecule has 1 aromatic carbocycles. The van der Waals surface area contributed by atoms with Crippen molar-refractivity contribution in [1.82, 2.24) is 10.6 Å². The van der Waals surface area contributed by atoms with Gasteiger partial charge in [0.1, 0.15) is 12.1 Å². The van der Waals surface area contributed by atoms with Gasteiger partial charge in [0, 0.05) is 0 Å². The quantitative estimate of drug-likeness (QED) is 0.665. The molecule has 2 atom stereocenters. The summed E-state index contributed by atoms with van der Waals surface area (Å²) >= 11 is 0. The molecule has 0 saturated heterocycles. The Bertz CT molecular complexity index is 658. The average Bonchev–Trinajstić information content (AvgIpc) is 2.64. The van der Waals surface area contributed by atoms with E-state index in [1.54, 1.807) is 24.3 Å². The molecule has 0 spiro atoms. The van der Waals surface area contributed by atoms with E-state index in [-0.39, 0.29) is 6.42 Å². The first kappa shape index (κ1) is 16.5. The topological polar surface area (TPSA) is 114 Å². The number of anilines is 1. The van der Waals surface area contributed by atoms with Crippen LogP contribution >= 0.6 is 0 Å². The van der Waals surface area contributed by atoms with E-state index in [9.17, 15) is 19.2 Å². The Kier molecular flexibility index (Phi) is 4.95. The molecule has 8 nitrogen and oxygen atoms in total. The van der Waals surface area contributed by atoms with Crippen molar-refractivity contribution in [3.05, 3.63) is 29.8 Å². The van der Waals surface area contributed by atoms with Gasteiger partial charge in [0.05, 0.1) is 24.8 Å². The molecule has 1 aliphatic heterocycles. The molecule has 0 unspecified atom stereocenters. The van der Waals surface area contributed by atoms with Gasteiger partial charge in [-0.3, -0.25) is 14.4 Å². The number of methoxy groups -OCH3 is 1. The smallest absolute Gasteiger partial charge is 0.328 e. The molecule has 1 aromatic rings. The molecule has 0 aliphatic carbocycles. The number of rotatable bonds is 4. The Labute approximate surface area is 132 Å². The highest BCUT2D eigenvalue weighted by Gasteiger charge is 2.30. The molecule has 23 heavy (non-hydrogen) atoms. The fraction of sp³-hybridized carbons (Fsp3) is 0.333. The first-order chi connectivity index (χ1) is 10.9. The summed E-state index contributed by atoms with van der Waals surface area (Å²) in [6.45, 7) is 1.46. The second kappa shape index (κ2) is 6.91. The number of ether oxygens (including phenoxy) is 1. The fourth-order valence-corrected chi connectivity index (χ4v) is 2.18. The van der Waals surface area contributed by atoms with Crippen molar-refractivity contribution in [1.29, 1.82) is 0 Å². The highest BCUT2D eigenvalue weighted by Crippen LogP contribution is 2.18. The predicted octanol–water partition coefficient (Wildman–Crippen LogP) is -0.195. The van der Waals surface area contributed by atoms with Gasteiger partial charge in [0.25, 0.3) is 5.91 Å². The van der Waals surface area contributed by atoms with Gasteiger partial charge in [-0.2, -0.15) is 0 Å². The van der Waals surface area contributed by atoms with Crippen molar-refractivity contribution < 1.29 is 23.9 Å². The normalized spacial score (nSPS) is 17.9. The number of para-hydroxylation sites is 1. The third-order valence-electron chi connectivity index (χ3n) is 3.37. The molecule has 3 N–H and O–H groups in total. The molecule has 1 aliphatic rings. The SMILES string of the molecule is COC(=O)[C@@H](C)NC(=O)C[C@@H]1NC(=O)c2ccccc2NC1=O. The lowest BCUT2D eigenvalue weighted by Crippen LogP contribution is -2.47. The maximum absolute atomic E-state index is 12.1. The lowest BCUT2D eigenvalue weighted by molar-refractivity contribution is -0.144. The highest BCUT2D eigenvalue weighted by molar-refractivity contribution is 6.10. The predicted molar refractivity (Wildman–Crippen MR) is 80.6 cm³/mol. The molecular weight excluding hydrogens is 302 g/mol. The minimum Gasteiger partial charge on any atom is -0.467 e. The van der Waals surface area contributed by atoms with Crippen LogP contribution in [0.3, 0.4) is 0 Å². The van der Waals surface area contributed by atoms with Crippen LogP contribution in [0.2, 0.25) is 0 Å².